The molecule has 4 heteroatoms. The predicted molar refractivity (Wildman–Crippen MR) is 50.9 cm³/mol. The van der Waals surface area contributed by atoms with Crippen LogP contribution in [0.1, 0.15) is 12.8 Å². The molecule has 0 atom stereocenters. The van der Waals surface area contributed by atoms with Crippen LogP contribution in [0.3, 0.4) is 0 Å². The fourth-order valence-electron chi connectivity index (χ4n) is 0.765. The molecule has 0 N–H and O–H groups in total. The van der Waals surface area contributed by atoms with E-state index in [1.54, 1.807) is 23.1 Å². The molecule has 1 heterocycles. The van der Waals surface area contributed by atoms with Crippen molar-refractivity contribution in [2.24, 2.45) is 0 Å². The molecule has 62 valence electrons. The Kier molecular flexibility index (Phi) is 3.86. The summed E-state index contributed by atoms with van der Waals surface area (Å²) in [5, 5.41) is 0. The second kappa shape index (κ2) is 4.72. The van der Waals surface area contributed by atoms with Gasteiger partial charge >= 0.3 is 5.97 Å². The fourth-order valence-corrected chi connectivity index (χ4v) is 3.25. The number of carbonyl (C=O) groups excluding carboxylic acids is 1. The molecule has 0 saturated carbocycles. The van der Waals surface area contributed by atoms with Gasteiger partial charge in [-0.05, 0) is 0 Å². The minimum absolute atomic E-state index is 0.123. The SMILES string of the molecule is COC(=O)CC1=[S+]CCCS1. The first-order valence-corrected chi connectivity index (χ1v) is 5.48. The smallest absolute Gasteiger partial charge is 0.315 e. The second-order valence-electron chi connectivity index (χ2n) is 2.18. The van der Waals surface area contributed by atoms with Crippen LogP contribution in [0.2, 0.25) is 0 Å². The second-order valence-corrected chi connectivity index (χ2v) is 4.81. The van der Waals surface area contributed by atoms with Crippen LogP contribution in [-0.2, 0) is 20.9 Å². The summed E-state index contributed by atoms with van der Waals surface area (Å²) in [5.74, 6) is 2.18. The van der Waals surface area contributed by atoms with Crippen molar-refractivity contribution in [3.63, 3.8) is 0 Å². The van der Waals surface area contributed by atoms with E-state index >= 15 is 0 Å². The summed E-state index contributed by atoms with van der Waals surface area (Å²) in [7, 11) is 1.43. The van der Waals surface area contributed by atoms with Gasteiger partial charge in [-0.1, -0.05) is 11.8 Å². The van der Waals surface area contributed by atoms with Crippen molar-refractivity contribution in [2.75, 3.05) is 18.6 Å². The molecular formula is C7H11O2S2+. The summed E-state index contributed by atoms with van der Waals surface area (Å²) >= 11 is 3.57. The summed E-state index contributed by atoms with van der Waals surface area (Å²) in [5.41, 5.74) is 0. The van der Waals surface area contributed by atoms with Crippen LogP contribution in [-0.4, -0.2) is 28.8 Å². The number of rotatable bonds is 2. The standard InChI is InChI=1S/C7H11O2S2/c1-9-6(8)5-7-10-3-2-4-11-7/h2-5H2,1H3/q+1. The van der Waals surface area contributed by atoms with Gasteiger partial charge in [0.15, 0.2) is 17.1 Å². The van der Waals surface area contributed by atoms with Gasteiger partial charge in [0.1, 0.15) is 6.42 Å². The highest BCUT2D eigenvalue weighted by atomic mass is 32.2. The van der Waals surface area contributed by atoms with Gasteiger partial charge in [0.2, 0.25) is 4.20 Å². The molecule has 0 bridgehead atoms. The maximum atomic E-state index is 10.8. The number of carbonyl (C=O) groups is 1. The minimum Gasteiger partial charge on any atom is -0.469 e. The van der Waals surface area contributed by atoms with Crippen molar-refractivity contribution in [1.29, 1.82) is 0 Å². The Morgan fingerprint density at radius 2 is 2.64 bits per heavy atom. The molecule has 11 heavy (non-hydrogen) atoms. The molecule has 0 aromatic rings. The molecule has 1 rings (SSSR count). The Bertz CT molecular complexity index is 177. The van der Waals surface area contributed by atoms with Gasteiger partial charge in [0.05, 0.1) is 7.11 Å². The van der Waals surface area contributed by atoms with E-state index in [9.17, 15) is 4.79 Å². The lowest BCUT2D eigenvalue weighted by Gasteiger charge is -1.99. The molecule has 1 aliphatic rings. The van der Waals surface area contributed by atoms with E-state index in [2.05, 4.69) is 4.74 Å². The van der Waals surface area contributed by atoms with E-state index in [0.717, 1.165) is 11.5 Å². The summed E-state index contributed by atoms with van der Waals surface area (Å²) in [6, 6.07) is 0. The zero-order valence-corrected chi connectivity index (χ0v) is 8.09. The van der Waals surface area contributed by atoms with Gasteiger partial charge < -0.3 is 4.74 Å². The Balaban J connectivity index is 2.35. The third-order valence-corrected chi connectivity index (χ3v) is 3.96. The van der Waals surface area contributed by atoms with Crippen molar-refractivity contribution >= 4 is 33.3 Å². The molecule has 2 nitrogen and oxygen atoms in total. The van der Waals surface area contributed by atoms with Gasteiger partial charge in [0, 0.05) is 12.2 Å². The molecule has 0 spiro atoms. The summed E-state index contributed by atoms with van der Waals surface area (Å²) in [6.45, 7) is 0. The molecule has 1 aliphatic heterocycles. The van der Waals surface area contributed by atoms with Crippen LogP contribution in [0, 0.1) is 0 Å². The molecule has 0 fully saturated rings. The summed E-state index contributed by atoms with van der Waals surface area (Å²) in [4.78, 5) is 10.8. The third-order valence-electron chi connectivity index (χ3n) is 1.33. The van der Waals surface area contributed by atoms with Crippen molar-refractivity contribution in [2.45, 2.75) is 12.8 Å². The highest BCUT2D eigenvalue weighted by Crippen LogP contribution is 2.13. The maximum absolute atomic E-state index is 10.8. The van der Waals surface area contributed by atoms with Gasteiger partial charge in [-0.3, -0.25) is 4.79 Å². The molecule has 0 aromatic heterocycles. The zero-order valence-electron chi connectivity index (χ0n) is 6.46. The lowest BCUT2D eigenvalue weighted by molar-refractivity contribution is -0.139. The van der Waals surface area contributed by atoms with E-state index in [0.29, 0.717) is 6.42 Å². The van der Waals surface area contributed by atoms with Crippen LogP contribution in [0.25, 0.3) is 0 Å². The fraction of sp³-hybridized carbons (Fsp3) is 0.714. The van der Waals surface area contributed by atoms with Crippen LogP contribution in [0.4, 0.5) is 0 Å². The molecular weight excluding hydrogens is 180 g/mol. The Labute approximate surface area is 74.6 Å². The molecule has 0 radical (unpaired) electrons. The van der Waals surface area contributed by atoms with Crippen LogP contribution >= 0.6 is 11.8 Å². The number of hydrogen-bond acceptors (Lipinski definition) is 3. The van der Waals surface area contributed by atoms with Crippen LogP contribution < -0.4 is 0 Å². The van der Waals surface area contributed by atoms with E-state index in [4.69, 9.17) is 0 Å². The zero-order chi connectivity index (χ0) is 8.10. The first-order valence-electron chi connectivity index (χ1n) is 3.51. The Morgan fingerprint density at radius 1 is 1.82 bits per heavy atom. The molecule has 0 amide bonds. The average molecular weight is 191 g/mol. The van der Waals surface area contributed by atoms with E-state index < -0.39 is 0 Å². The van der Waals surface area contributed by atoms with E-state index in [-0.39, 0.29) is 5.97 Å². The molecule has 0 aliphatic carbocycles. The van der Waals surface area contributed by atoms with Crippen LogP contribution in [0.15, 0.2) is 0 Å². The number of thioether (sulfide) groups is 1. The monoisotopic (exact) mass is 191 g/mol. The highest BCUT2D eigenvalue weighted by Gasteiger charge is 2.20. The van der Waals surface area contributed by atoms with Gasteiger partial charge in [-0.2, -0.15) is 0 Å². The van der Waals surface area contributed by atoms with Crippen molar-refractivity contribution in [3.8, 4) is 0 Å². The quantitative estimate of drug-likeness (QED) is 0.368. The first kappa shape index (κ1) is 9.00. The van der Waals surface area contributed by atoms with Crippen LogP contribution in [0.5, 0.6) is 0 Å². The number of hydrogen-bond donors (Lipinski definition) is 0. The average Bonchev–Trinajstić information content (AvgIpc) is 2.06. The number of ether oxygens (including phenoxy) is 1. The molecule has 0 saturated heterocycles. The van der Waals surface area contributed by atoms with Gasteiger partial charge in [-0.15, -0.1) is 0 Å². The first-order chi connectivity index (χ1) is 5.33. The predicted octanol–water partition coefficient (Wildman–Crippen LogP) is 0.899. The Hall–Kier alpha value is -0.0900. The van der Waals surface area contributed by atoms with Gasteiger partial charge in [0.25, 0.3) is 0 Å². The lowest BCUT2D eigenvalue weighted by atomic mass is 10.5. The minimum atomic E-state index is -0.123. The lowest BCUT2D eigenvalue weighted by Crippen LogP contribution is -2.12. The number of esters is 1. The van der Waals surface area contributed by atoms with E-state index in [1.165, 1.54) is 17.7 Å². The summed E-state index contributed by atoms with van der Waals surface area (Å²) < 4.78 is 5.78. The summed E-state index contributed by atoms with van der Waals surface area (Å²) in [6.07, 6.45) is 1.73. The van der Waals surface area contributed by atoms with Crippen molar-refractivity contribution < 1.29 is 9.53 Å². The van der Waals surface area contributed by atoms with Gasteiger partial charge in [-0.25, -0.2) is 0 Å². The molecule has 0 aromatic carbocycles. The van der Waals surface area contributed by atoms with Crippen molar-refractivity contribution in [1.82, 2.24) is 0 Å². The highest BCUT2D eigenvalue weighted by molar-refractivity contribution is 8.23. The normalized spacial score (nSPS) is 17.4. The third kappa shape index (κ3) is 3.20. The molecule has 0 unspecified atom stereocenters. The van der Waals surface area contributed by atoms with Crippen molar-refractivity contribution in [3.05, 3.63) is 0 Å². The van der Waals surface area contributed by atoms with E-state index in [1.807, 2.05) is 0 Å². The maximum Gasteiger partial charge on any atom is 0.315 e. The number of methoxy groups -OCH3 is 1. The topological polar surface area (TPSA) is 26.3 Å². The Morgan fingerprint density at radius 3 is 3.18 bits per heavy atom. The largest absolute Gasteiger partial charge is 0.469 e.